The summed E-state index contributed by atoms with van der Waals surface area (Å²) in [6.07, 6.45) is -0.342. The third-order valence-electron chi connectivity index (χ3n) is 2.02. The molecule has 0 amide bonds. The molecule has 1 aromatic rings. The van der Waals surface area contributed by atoms with Crippen molar-refractivity contribution in [3.63, 3.8) is 0 Å². The van der Waals surface area contributed by atoms with Gasteiger partial charge in [-0.25, -0.2) is 0 Å². The molecule has 0 bridgehead atoms. The Hall–Kier alpha value is -0.470. The standard InChI is InChI=1S/C11H16OS/c1-3-13-9(2)11(12)10-7-5-4-6-8-10/h4-9,11-12H,3H2,1-2H3. The molecule has 1 aromatic carbocycles. The summed E-state index contributed by atoms with van der Waals surface area (Å²) in [6, 6.07) is 9.83. The minimum Gasteiger partial charge on any atom is -0.387 e. The quantitative estimate of drug-likeness (QED) is 0.799. The second-order valence-corrected chi connectivity index (χ2v) is 4.67. The second kappa shape index (κ2) is 5.30. The van der Waals surface area contributed by atoms with Gasteiger partial charge in [-0.05, 0) is 11.3 Å². The highest BCUT2D eigenvalue weighted by Crippen LogP contribution is 2.25. The summed E-state index contributed by atoms with van der Waals surface area (Å²) in [4.78, 5) is 0. The minimum absolute atomic E-state index is 0.271. The van der Waals surface area contributed by atoms with Crippen LogP contribution < -0.4 is 0 Å². The molecule has 0 spiro atoms. The Morgan fingerprint density at radius 3 is 2.46 bits per heavy atom. The Labute approximate surface area is 84.2 Å². The maximum Gasteiger partial charge on any atom is 0.0905 e. The molecule has 13 heavy (non-hydrogen) atoms. The zero-order valence-electron chi connectivity index (χ0n) is 8.10. The van der Waals surface area contributed by atoms with Crippen molar-refractivity contribution in [2.24, 2.45) is 0 Å². The van der Waals surface area contributed by atoms with Crippen molar-refractivity contribution >= 4 is 11.8 Å². The smallest absolute Gasteiger partial charge is 0.0905 e. The number of hydrogen-bond donors (Lipinski definition) is 1. The van der Waals surface area contributed by atoms with Crippen molar-refractivity contribution < 1.29 is 5.11 Å². The molecule has 0 aliphatic heterocycles. The molecular weight excluding hydrogens is 180 g/mol. The average molecular weight is 196 g/mol. The minimum atomic E-state index is -0.342. The molecule has 0 heterocycles. The summed E-state index contributed by atoms with van der Waals surface area (Å²) in [5.74, 6) is 1.05. The zero-order valence-corrected chi connectivity index (χ0v) is 8.92. The van der Waals surface area contributed by atoms with Gasteiger partial charge in [0.2, 0.25) is 0 Å². The van der Waals surface area contributed by atoms with Gasteiger partial charge in [-0.3, -0.25) is 0 Å². The lowest BCUT2D eigenvalue weighted by Gasteiger charge is -2.17. The van der Waals surface area contributed by atoms with Crippen LogP contribution in [0.5, 0.6) is 0 Å². The van der Waals surface area contributed by atoms with Crippen molar-refractivity contribution in [2.75, 3.05) is 5.75 Å². The number of hydrogen-bond acceptors (Lipinski definition) is 2. The fraction of sp³-hybridized carbons (Fsp3) is 0.455. The van der Waals surface area contributed by atoms with Crippen LogP contribution in [0.15, 0.2) is 30.3 Å². The number of benzene rings is 1. The van der Waals surface area contributed by atoms with Crippen molar-refractivity contribution in [1.82, 2.24) is 0 Å². The van der Waals surface area contributed by atoms with Gasteiger partial charge in [-0.1, -0.05) is 44.2 Å². The van der Waals surface area contributed by atoms with Crippen LogP contribution in [0.4, 0.5) is 0 Å². The predicted molar refractivity (Wildman–Crippen MR) is 59.0 cm³/mol. The van der Waals surface area contributed by atoms with E-state index in [2.05, 4.69) is 13.8 Å². The molecule has 2 heteroatoms. The van der Waals surface area contributed by atoms with E-state index in [-0.39, 0.29) is 11.4 Å². The third-order valence-corrected chi connectivity index (χ3v) is 3.13. The Morgan fingerprint density at radius 1 is 1.31 bits per heavy atom. The van der Waals surface area contributed by atoms with Gasteiger partial charge in [-0.2, -0.15) is 11.8 Å². The van der Waals surface area contributed by atoms with Gasteiger partial charge in [0.25, 0.3) is 0 Å². The summed E-state index contributed by atoms with van der Waals surface area (Å²) in [6.45, 7) is 4.17. The number of rotatable bonds is 4. The second-order valence-electron chi connectivity index (χ2n) is 3.02. The molecule has 0 aromatic heterocycles. The fourth-order valence-electron chi connectivity index (χ4n) is 1.28. The van der Waals surface area contributed by atoms with Gasteiger partial charge in [0.05, 0.1) is 6.10 Å². The molecule has 1 N–H and O–H groups in total. The molecular formula is C11H16OS. The maximum atomic E-state index is 9.90. The lowest BCUT2D eigenvalue weighted by Crippen LogP contribution is -2.11. The molecule has 0 fully saturated rings. The van der Waals surface area contributed by atoms with E-state index in [0.717, 1.165) is 11.3 Å². The first kappa shape index (κ1) is 10.6. The Bertz CT molecular complexity index is 235. The van der Waals surface area contributed by atoms with E-state index in [1.54, 1.807) is 11.8 Å². The van der Waals surface area contributed by atoms with Crippen LogP contribution in [0.1, 0.15) is 25.5 Å². The number of aliphatic hydroxyl groups is 1. The van der Waals surface area contributed by atoms with Gasteiger partial charge < -0.3 is 5.11 Å². The van der Waals surface area contributed by atoms with E-state index in [0.29, 0.717) is 0 Å². The summed E-state index contributed by atoms with van der Waals surface area (Å²) < 4.78 is 0. The molecule has 72 valence electrons. The molecule has 2 unspecified atom stereocenters. The van der Waals surface area contributed by atoms with Crippen LogP contribution in [-0.2, 0) is 0 Å². The Kier molecular flexibility index (Phi) is 4.33. The molecule has 0 aliphatic rings. The Morgan fingerprint density at radius 2 is 1.92 bits per heavy atom. The van der Waals surface area contributed by atoms with Gasteiger partial charge in [0, 0.05) is 5.25 Å². The summed E-state index contributed by atoms with van der Waals surface area (Å²) >= 11 is 1.78. The summed E-state index contributed by atoms with van der Waals surface area (Å²) in [5.41, 5.74) is 1.01. The summed E-state index contributed by atoms with van der Waals surface area (Å²) in [5, 5.41) is 10.2. The van der Waals surface area contributed by atoms with E-state index < -0.39 is 0 Å². The molecule has 0 aliphatic carbocycles. The van der Waals surface area contributed by atoms with Crippen molar-refractivity contribution in [1.29, 1.82) is 0 Å². The molecule has 2 atom stereocenters. The topological polar surface area (TPSA) is 20.2 Å². The predicted octanol–water partition coefficient (Wildman–Crippen LogP) is 2.86. The van der Waals surface area contributed by atoms with Gasteiger partial charge >= 0.3 is 0 Å². The van der Waals surface area contributed by atoms with Crippen molar-refractivity contribution in [3.05, 3.63) is 35.9 Å². The highest BCUT2D eigenvalue weighted by atomic mass is 32.2. The van der Waals surface area contributed by atoms with Gasteiger partial charge in [0.1, 0.15) is 0 Å². The molecule has 0 saturated carbocycles. The first-order valence-corrected chi connectivity index (χ1v) is 5.65. The Balaban J connectivity index is 2.62. The number of thioether (sulfide) groups is 1. The van der Waals surface area contributed by atoms with Crippen LogP contribution in [0.3, 0.4) is 0 Å². The van der Waals surface area contributed by atoms with E-state index in [9.17, 15) is 5.11 Å². The van der Waals surface area contributed by atoms with Crippen LogP contribution in [0.2, 0.25) is 0 Å². The number of aliphatic hydroxyl groups excluding tert-OH is 1. The van der Waals surface area contributed by atoms with E-state index in [1.165, 1.54) is 0 Å². The third kappa shape index (κ3) is 3.05. The highest BCUT2D eigenvalue weighted by Gasteiger charge is 2.14. The maximum absolute atomic E-state index is 9.90. The zero-order chi connectivity index (χ0) is 9.68. The van der Waals surface area contributed by atoms with Crippen LogP contribution in [-0.4, -0.2) is 16.1 Å². The first-order chi connectivity index (χ1) is 6.25. The van der Waals surface area contributed by atoms with Crippen LogP contribution in [0.25, 0.3) is 0 Å². The summed E-state index contributed by atoms with van der Waals surface area (Å²) in [7, 11) is 0. The lowest BCUT2D eigenvalue weighted by molar-refractivity contribution is 0.179. The molecule has 0 radical (unpaired) electrons. The van der Waals surface area contributed by atoms with E-state index in [1.807, 2.05) is 30.3 Å². The largest absolute Gasteiger partial charge is 0.387 e. The van der Waals surface area contributed by atoms with Crippen LogP contribution in [0, 0.1) is 0 Å². The molecule has 0 saturated heterocycles. The van der Waals surface area contributed by atoms with Gasteiger partial charge in [0.15, 0.2) is 0 Å². The SMILES string of the molecule is CCSC(C)C(O)c1ccccc1. The monoisotopic (exact) mass is 196 g/mol. The molecule has 1 rings (SSSR count). The van der Waals surface area contributed by atoms with Crippen molar-refractivity contribution in [2.45, 2.75) is 25.2 Å². The highest BCUT2D eigenvalue weighted by molar-refractivity contribution is 7.99. The fourth-order valence-corrected chi connectivity index (χ4v) is 2.14. The molecule has 1 nitrogen and oxygen atoms in total. The van der Waals surface area contributed by atoms with E-state index >= 15 is 0 Å². The van der Waals surface area contributed by atoms with Crippen molar-refractivity contribution in [3.8, 4) is 0 Å². The average Bonchev–Trinajstić information content (AvgIpc) is 2.18. The van der Waals surface area contributed by atoms with Gasteiger partial charge in [-0.15, -0.1) is 0 Å². The van der Waals surface area contributed by atoms with E-state index in [4.69, 9.17) is 0 Å². The first-order valence-electron chi connectivity index (χ1n) is 4.60. The lowest BCUT2D eigenvalue weighted by atomic mass is 10.1. The van der Waals surface area contributed by atoms with Crippen LogP contribution >= 0.6 is 11.8 Å². The normalized spacial score (nSPS) is 15.3.